The van der Waals surface area contributed by atoms with Crippen molar-refractivity contribution in [2.75, 3.05) is 0 Å². The maximum absolute atomic E-state index is 12.9. The van der Waals surface area contributed by atoms with Crippen LogP contribution in [-0.2, 0) is 0 Å². The molecule has 0 aliphatic rings. The zero-order valence-corrected chi connectivity index (χ0v) is 10.5. The second-order valence-electron chi connectivity index (χ2n) is 3.58. The van der Waals surface area contributed by atoms with E-state index in [1.54, 1.807) is 0 Å². The average Bonchev–Trinajstić information content (AvgIpc) is 2.77. The van der Waals surface area contributed by atoms with Crippen LogP contribution in [0.5, 0.6) is 0 Å². The number of aliphatic hydroxyl groups is 1. The van der Waals surface area contributed by atoms with Gasteiger partial charge in [0.25, 0.3) is 0 Å². The Bertz CT molecular complexity index is 594. The van der Waals surface area contributed by atoms with Crippen LogP contribution in [0.2, 0.25) is 0 Å². The molecule has 0 saturated heterocycles. The molecule has 0 radical (unpaired) electrons. The molecule has 2 aromatic rings. The standard InChI is InChI=1S/C12H8BrFO4/c13-8-5-6(14)1-2-7(8)11(15)9-3-4-10(18-9)12(16)17/h1-5,11,15H,(H,16,17). The molecule has 1 unspecified atom stereocenters. The third-order valence-corrected chi connectivity index (χ3v) is 3.05. The van der Waals surface area contributed by atoms with E-state index in [0.717, 1.165) is 0 Å². The van der Waals surface area contributed by atoms with Crippen LogP contribution >= 0.6 is 15.9 Å². The van der Waals surface area contributed by atoms with E-state index < -0.39 is 17.9 Å². The van der Waals surface area contributed by atoms with E-state index >= 15 is 0 Å². The minimum Gasteiger partial charge on any atom is -0.475 e. The molecule has 1 aromatic carbocycles. The van der Waals surface area contributed by atoms with Crippen molar-refractivity contribution in [2.45, 2.75) is 6.10 Å². The van der Waals surface area contributed by atoms with Gasteiger partial charge in [-0.2, -0.15) is 0 Å². The van der Waals surface area contributed by atoms with Gasteiger partial charge in [-0.3, -0.25) is 0 Å². The molecule has 1 heterocycles. The lowest BCUT2D eigenvalue weighted by Gasteiger charge is -2.10. The van der Waals surface area contributed by atoms with Crippen LogP contribution in [0.1, 0.15) is 28.0 Å². The van der Waals surface area contributed by atoms with Gasteiger partial charge in [-0.15, -0.1) is 0 Å². The van der Waals surface area contributed by atoms with Crippen LogP contribution < -0.4 is 0 Å². The summed E-state index contributed by atoms with van der Waals surface area (Å²) in [4.78, 5) is 10.7. The van der Waals surface area contributed by atoms with Gasteiger partial charge in [0.2, 0.25) is 5.76 Å². The highest BCUT2D eigenvalue weighted by molar-refractivity contribution is 9.10. The lowest BCUT2D eigenvalue weighted by Crippen LogP contribution is -2.00. The van der Waals surface area contributed by atoms with Crippen LogP contribution in [0, 0.1) is 5.82 Å². The molecule has 4 nitrogen and oxygen atoms in total. The highest BCUT2D eigenvalue weighted by Gasteiger charge is 2.19. The molecule has 18 heavy (non-hydrogen) atoms. The van der Waals surface area contributed by atoms with Crippen LogP contribution in [-0.4, -0.2) is 16.2 Å². The third-order valence-electron chi connectivity index (χ3n) is 2.36. The van der Waals surface area contributed by atoms with Gasteiger partial charge in [-0.05, 0) is 24.3 Å². The van der Waals surface area contributed by atoms with E-state index in [-0.39, 0.29) is 11.5 Å². The summed E-state index contributed by atoms with van der Waals surface area (Å²) in [5.74, 6) is -1.84. The number of halogens is 2. The number of carbonyl (C=O) groups is 1. The van der Waals surface area contributed by atoms with Gasteiger partial charge in [0.1, 0.15) is 17.7 Å². The Balaban J connectivity index is 2.35. The number of hydrogen-bond donors (Lipinski definition) is 2. The molecule has 2 N–H and O–H groups in total. The molecule has 0 fully saturated rings. The van der Waals surface area contributed by atoms with Gasteiger partial charge >= 0.3 is 5.97 Å². The Kier molecular flexibility index (Phi) is 3.49. The summed E-state index contributed by atoms with van der Waals surface area (Å²) in [6.45, 7) is 0. The third kappa shape index (κ3) is 2.44. The van der Waals surface area contributed by atoms with E-state index in [9.17, 15) is 14.3 Å². The number of hydrogen-bond acceptors (Lipinski definition) is 3. The number of aromatic carboxylic acids is 1. The number of carboxylic acid groups (broad SMARTS) is 1. The largest absolute Gasteiger partial charge is 0.475 e. The molecule has 2 rings (SSSR count). The number of carboxylic acids is 1. The van der Waals surface area contributed by atoms with Crippen molar-refractivity contribution in [2.24, 2.45) is 0 Å². The van der Waals surface area contributed by atoms with E-state index in [1.807, 2.05) is 0 Å². The Hall–Kier alpha value is -1.66. The molecule has 0 aliphatic carbocycles. The summed E-state index contributed by atoms with van der Waals surface area (Å²) >= 11 is 3.12. The molecule has 94 valence electrons. The second kappa shape index (κ2) is 4.91. The summed E-state index contributed by atoms with van der Waals surface area (Å²) in [5, 5.41) is 18.7. The Labute approximate surface area is 110 Å². The Morgan fingerprint density at radius 3 is 2.61 bits per heavy atom. The maximum atomic E-state index is 12.9. The second-order valence-corrected chi connectivity index (χ2v) is 4.43. The first-order valence-corrected chi connectivity index (χ1v) is 5.74. The summed E-state index contributed by atoms with van der Waals surface area (Å²) < 4.78 is 18.3. The zero-order valence-electron chi connectivity index (χ0n) is 8.93. The fourth-order valence-corrected chi connectivity index (χ4v) is 2.06. The average molecular weight is 315 g/mol. The molecule has 0 bridgehead atoms. The lowest BCUT2D eigenvalue weighted by molar-refractivity contribution is 0.0655. The lowest BCUT2D eigenvalue weighted by atomic mass is 10.1. The fourth-order valence-electron chi connectivity index (χ4n) is 1.49. The normalized spacial score (nSPS) is 12.4. The van der Waals surface area contributed by atoms with Crippen LogP contribution in [0.4, 0.5) is 4.39 Å². The van der Waals surface area contributed by atoms with Crippen LogP contribution in [0.15, 0.2) is 39.2 Å². The Morgan fingerprint density at radius 1 is 1.33 bits per heavy atom. The maximum Gasteiger partial charge on any atom is 0.371 e. The van der Waals surface area contributed by atoms with E-state index in [4.69, 9.17) is 9.52 Å². The Morgan fingerprint density at radius 2 is 2.06 bits per heavy atom. The fraction of sp³-hybridized carbons (Fsp3) is 0.0833. The van der Waals surface area contributed by atoms with Gasteiger partial charge in [0.15, 0.2) is 0 Å². The first-order chi connectivity index (χ1) is 8.49. The van der Waals surface area contributed by atoms with Crippen LogP contribution in [0.3, 0.4) is 0 Å². The van der Waals surface area contributed by atoms with E-state index in [0.29, 0.717) is 10.0 Å². The summed E-state index contributed by atoms with van der Waals surface area (Å²) in [7, 11) is 0. The summed E-state index contributed by atoms with van der Waals surface area (Å²) in [5.41, 5.74) is 0.391. The van der Waals surface area contributed by atoms with E-state index in [1.165, 1.54) is 30.3 Å². The first-order valence-electron chi connectivity index (χ1n) is 4.95. The van der Waals surface area contributed by atoms with Gasteiger partial charge in [-0.1, -0.05) is 22.0 Å². The monoisotopic (exact) mass is 314 g/mol. The predicted octanol–water partition coefficient (Wildman–Crippen LogP) is 2.96. The molecule has 0 amide bonds. The summed E-state index contributed by atoms with van der Waals surface area (Å²) in [6, 6.07) is 6.42. The van der Waals surface area contributed by atoms with Gasteiger partial charge in [0, 0.05) is 10.0 Å². The molecule has 1 aromatic heterocycles. The first kappa shape index (κ1) is 12.8. The SMILES string of the molecule is O=C(O)c1ccc(C(O)c2ccc(F)cc2Br)o1. The minimum atomic E-state index is -1.22. The molecular weight excluding hydrogens is 307 g/mol. The molecule has 6 heteroatoms. The number of aliphatic hydroxyl groups excluding tert-OH is 1. The molecule has 0 saturated carbocycles. The quantitative estimate of drug-likeness (QED) is 0.913. The number of rotatable bonds is 3. The van der Waals surface area contributed by atoms with Gasteiger partial charge in [-0.25, -0.2) is 9.18 Å². The van der Waals surface area contributed by atoms with Crippen LogP contribution in [0.25, 0.3) is 0 Å². The van der Waals surface area contributed by atoms with Crippen molar-refractivity contribution in [3.8, 4) is 0 Å². The van der Waals surface area contributed by atoms with Crippen molar-refractivity contribution in [3.63, 3.8) is 0 Å². The van der Waals surface area contributed by atoms with Gasteiger partial charge in [0.05, 0.1) is 0 Å². The molecule has 0 aliphatic heterocycles. The van der Waals surface area contributed by atoms with Crippen molar-refractivity contribution >= 4 is 21.9 Å². The molecular formula is C12H8BrFO4. The molecule has 1 atom stereocenters. The smallest absolute Gasteiger partial charge is 0.371 e. The highest BCUT2D eigenvalue weighted by atomic mass is 79.9. The molecule has 0 spiro atoms. The number of benzene rings is 1. The number of furan rings is 1. The van der Waals surface area contributed by atoms with Crippen molar-refractivity contribution < 1.29 is 23.8 Å². The van der Waals surface area contributed by atoms with Crippen molar-refractivity contribution in [1.82, 2.24) is 0 Å². The predicted molar refractivity (Wildman–Crippen MR) is 63.8 cm³/mol. The van der Waals surface area contributed by atoms with Gasteiger partial charge < -0.3 is 14.6 Å². The van der Waals surface area contributed by atoms with Crippen molar-refractivity contribution in [1.29, 1.82) is 0 Å². The summed E-state index contributed by atoms with van der Waals surface area (Å²) in [6.07, 6.45) is -1.16. The highest BCUT2D eigenvalue weighted by Crippen LogP contribution is 2.30. The van der Waals surface area contributed by atoms with E-state index in [2.05, 4.69) is 15.9 Å². The topological polar surface area (TPSA) is 70.7 Å². The minimum absolute atomic E-state index is 0.0831. The zero-order chi connectivity index (χ0) is 13.3. The van der Waals surface area contributed by atoms with Crippen molar-refractivity contribution in [3.05, 3.63) is 57.7 Å².